The Balaban J connectivity index is 2.59. The Morgan fingerprint density at radius 3 is 2.50 bits per heavy atom. The first kappa shape index (κ1) is 15.5. The lowest BCUT2D eigenvalue weighted by atomic mass is 9.84. The SMILES string of the molecule is CCC1CCC(C)N(C(=O)CC(N)C(C)(C)C)C1. The molecule has 3 atom stereocenters. The minimum Gasteiger partial charge on any atom is -0.340 e. The lowest BCUT2D eigenvalue weighted by Crippen LogP contribution is -2.48. The zero-order valence-electron chi connectivity index (χ0n) is 12.7. The number of hydrogen-bond donors (Lipinski definition) is 1. The molecule has 2 N–H and O–H groups in total. The van der Waals surface area contributed by atoms with Gasteiger partial charge in [0, 0.05) is 25.0 Å². The van der Waals surface area contributed by atoms with Crippen LogP contribution >= 0.6 is 0 Å². The van der Waals surface area contributed by atoms with Crippen LogP contribution in [-0.4, -0.2) is 29.4 Å². The minimum absolute atomic E-state index is 0.00115. The quantitative estimate of drug-likeness (QED) is 0.842. The molecular formula is C15H30N2O. The van der Waals surface area contributed by atoms with Crippen molar-refractivity contribution >= 4 is 5.91 Å². The van der Waals surface area contributed by atoms with Gasteiger partial charge < -0.3 is 10.6 Å². The van der Waals surface area contributed by atoms with Crippen molar-refractivity contribution in [2.24, 2.45) is 17.1 Å². The van der Waals surface area contributed by atoms with Crippen molar-refractivity contribution in [3.8, 4) is 0 Å². The fourth-order valence-corrected chi connectivity index (χ4v) is 2.47. The summed E-state index contributed by atoms with van der Waals surface area (Å²) >= 11 is 0. The fraction of sp³-hybridized carbons (Fsp3) is 0.933. The molecule has 0 aliphatic carbocycles. The summed E-state index contributed by atoms with van der Waals surface area (Å²) in [4.78, 5) is 14.4. The van der Waals surface area contributed by atoms with Crippen molar-refractivity contribution in [2.75, 3.05) is 6.54 Å². The number of likely N-dealkylation sites (tertiary alicyclic amines) is 1. The molecule has 1 aliphatic rings. The van der Waals surface area contributed by atoms with E-state index in [1.54, 1.807) is 0 Å². The van der Waals surface area contributed by atoms with Gasteiger partial charge in [0.2, 0.25) is 5.91 Å². The Kier molecular flexibility index (Phi) is 5.20. The third kappa shape index (κ3) is 3.98. The van der Waals surface area contributed by atoms with E-state index < -0.39 is 0 Å². The summed E-state index contributed by atoms with van der Waals surface area (Å²) in [6.07, 6.45) is 4.04. The maximum atomic E-state index is 12.4. The monoisotopic (exact) mass is 254 g/mol. The maximum Gasteiger partial charge on any atom is 0.224 e. The van der Waals surface area contributed by atoms with E-state index in [-0.39, 0.29) is 17.4 Å². The number of nitrogens with two attached hydrogens (primary N) is 1. The highest BCUT2D eigenvalue weighted by Gasteiger charge is 2.31. The molecule has 0 aromatic carbocycles. The minimum atomic E-state index is -0.0563. The van der Waals surface area contributed by atoms with Gasteiger partial charge in [0.15, 0.2) is 0 Å². The molecule has 106 valence electrons. The van der Waals surface area contributed by atoms with E-state index in [1.807, 2.05) is 0 Å². The Labute approximate surface area is 112 Å². The van der Waals surface area contributed by atoms with E-state index in [9.17, 15) is 4.79 Å². The van der Waals surface area contributed by atoms with Crippen LogP contribution in [0.2, 0.25) is 0 Å². The summed E-state index contributed by atoms with van der Waals surface area (Å²) < 4.78 is 0. The third-order valence-corrected chi connectivity index (χ3v) is 4.38. The zero-order chi connectivity index (χ0) is 13.9. The molecule has 1 rings (SSSR count). The van der Waals surface area contributed by atoms with Crippen LogP contribution in [-0.2, 0) is 4.79 Å². The predicted molar refractivity (Wildman–Crippen MR) is 76.2 cm³/mol. The molecule has 0 aromatic heterocycles. The van der Waals surface area contributed by atoms with Gasteiger partial charge in [-0.1, -0.05) is 34.1 Å². The normalized spacial score (nSPS) is 27.1. The second-order valence-corrected chi connectivity index (χ2v) is 6.92. The number of amides is 1. The van der Waals surface area contributed by atoms with Crippen molar-refractivity contribution in [1.29, 1.82) is 0 Å². The number of piperidine rings is 1. The first-order chi connectivity index (χ1) is 8.25. The summed E-state index contributed by atoms with van der Waals surface area (Å²) in [5.41, 5.74) is 6.12. The molecular weight excluding hydrogens is 224 g/mol. The standard InChI is InChI=1S/C15H30N2O/c1-6-12-8-7-11(2)17(10-12)14(18)9-13(16)15(3,4)5/h11-13H,6-10,16H2,1-5H3. The molecule has 0 spiro atoms. The van der Waals surface area contributed by atoms with Gasteiger partial charge in [0.25, 0.3) is 0 Å². The second kappa shape index (κ2) is 6.05. The molecule has 0 bridgehead atoms. The number of nitrogens with zero attached hydrogens (tertiary/aromatic N) is 1. The molecule has 3 nitrogen and oxygen atoms in total. The van der Waals surface area contributed by atoms with Crippen LogP contribution in [0.3, 0.4) is 0 Å². The van der Waals surface area contributed by atoms with Crippen LogP contribution in [0.25, 0.3) is 0 Å². The van der Waals surface area contributed by atoms with E-state index in [4.69, 9.17) is 5.73 Å². The van der Waals surface area contributed by atoms with Crippen LogP contribution < -0.4 is 5.73 Å². The van der Waals surface area contributed by atoms with Gasteiger partial charge in [-0.15, -0.1) is 0 Å². The number of carbonyl (C=O) groups is 1. The van der Waals surface area contributed by atoms with Crippen molar-refractivity contribution in [3.63, 3.8) is 0 Å². The average Bonchev–Trinajstić information content (AvgIpc) is 2.28. The average molecular weight is 254 g/mol. The Hall–Kier alpha value is -0.570. The van der Waals surface area contributed by atoms with Gasteiger partial charge in [0.1, 0.15) is 0 Å². The molecule has 0 radical (unpaired) electrons. The van der Waals surface area contributed by atoms with E-state index in [0.717, 1.165) is 13.0 Å². The molecule has 1 saturated heterocycles. The lowest BCUT2D eigenvalue weighted by molar-refractivity contribution is -0.136. The molecule has 18 heavy (non-hydrogen) atoms. The van der Waals surface area contributed by atoms with Gasteiger partial charge >= 0.3 is 0 Å². The van der Waals surface area contributed by atoms with Crippen LogP contribution in [0.1, 0.15) is 60.3 Å². The van der Waals surface area contributed by atoms with E-state index >= 15 is 0 Å². The highest BCUT2D eigenvalue weighted by molar-refractivity contribution is 5.77. The van der Waals surface area contributed by atoms with Crippen molar-refractivity contribution in [2.45, 2.75) is 72.4 Å². The maximum absolute atomic E-state index is 12.4. The Morgan fingerprint density at radius 1 is 1.39 bits per heavy atom. The van der Waals surface area contributed by atoms with Crippen LogP contribution in [0.4, 0.5) is 0 Å². The van der Waals surface area contributed by atoms with Gasteiger partial charge in [-0.25, -0.2) is 0 Å². The van der Waals surface area contributed by atoms with Crippen LogP contribution in [0.5, 0.6) is 0 Å². The Morgan fingerprint density at radius 2 is 2.00 bits per heavy atom. The van der Waals surface area contributed by atoms with E-state index in [1.165, 1.54) is 12.8 Å². The molecule has 1 amide bonds. The van der Waals surface area contributed by atoms with E-state index in [2.05, 4.69) is 39.5 Å². The topological polar surface area (TPSA) is 46.3 Å². The lowest BCUT2D eigenvalue weighted by Gasteiger charge is -2.39. The Bertz CT molecular complexity index is 283. The molecule has 3 unspecified atom stereocenters. The molecule has 3 heteroatoms. The van der Waals surface area contributed by atoms with Gasteiger partial charge in [0.05, 0.1) is 0 Å². The van der Waals surface area contributed by atoms with Crippen molar-refractivity contribution in [1.82, 2.24) is 4.90 Å². The predicted octanol–water partition coefficient (Wildman–Crippen LogP) is 2.79. The van der Waals surface area contributed by atoms with Crippen molar-refractivity contribution in [3.05, 3.63) is 0 Å². The van der Waals surface area contributed by atoms with E-state index in [0.29, 0.717) is 18.4 Å². The number of rotatable bonds is 3. The fourth-order valence-electron chi connectivity index (χ4n) is 2.47. The van der Waals surface area contributed by atoms with Crippen LogP contribution in [0, 0.1) is 11.3 Å². The second-order valence-electron chi connectivity index (χ2n) is 6.92. The zero-order valence-corrected chi connectivity index (χ0v) is 12.7. The summed E-state index contributed by atoms with van der Waals surface area (Å²) in [7, 11) is 0. The smallest absolute Gasteiger partial charge is 0.224 e. The summed E-state index contributed by atoms with van der Waals surface area (Å²) in [6, 6.07) is 0.326. The van der Waals surface area contributed by atoms with Gasteiger partial charge in [-0.2, -0.15) is 0 Å². The molecule has 1 aliphatic heterocycles. The van der Waals surface area contributed by atoms with Crippen LogP contribution in [0.15, 0.2) is 0 Å². The summed E-state index contributed by atoms with van der Waals surface area (Å²) in [5, 5.41) is 0. The van der Waals surface area contributed by atoms with Crippen molar-refractivity contribution < 1.29 is 4.79 Å². The summed E-state index contributed by atoms with van der Waals surface area (Å²) in [6.45, 7) is 11.6. The summed E-state index contributed by atoms with van der Waals surface area (Å²) in [5.74, 6) is 0.916. The van der Waals surface area contributed by atoms with Gasteiger partial charge in [-0.05, 0) is 31.1 Å². The number of hydrogen-bond acceptors (Lipinski definition) is 2. The van der Waals surface area contributed by atoms with Gasteiger partial charge in [-0.3, -0.25) is 4.79 Å². The third-order valence-electron chi connectivity index (χ3n) is 4.38. The number of carbonyl (C=O) groups excluding carboxylic acids is 1. The molecule has 0 saturated carbocycles. The molecule has 0 aromatic rings. The first-order valence-corrected chi connectivity index (χ1v) is 7.30. The first-order valence-electron chi connectivity index (χ1n) is 7.30. The molecule has 1 fully saturated rings. The highest BCUT2D eigenvalue weighted by Crippen LogP contribution is 2.26. The highest BCUT2D eigenvalue weighted by atomic mass is 16.2. The molecule has 1 heterocycles. The largest absolute Gasteiger partial charge is 0.340 e.